The van der Waals surface area contributed by atoms with Crippen molar-refractivity contribution in [2.24, 2.45) is 0 Å². The van der Waals surface area contributed by atoms with Gasteiger partial charge in [-0.25, -0.2) is 13.6 Å². The van der Waals surface area contributed by atoms with Crippen LogP contribution in [0.2, 0.25) is 0 Å². The molecule has 4 heterocycles. The minimum Gasteiger partial charge on any atom is -0.461 e. The summed E-state index contributed by atoms with van der Waals surface area (Å²) in [6.45, 7) is 7.84. The number of carbonyl (C=O) groups is 1. The van der Waals surface area contributed by atoms with Crippen LogP contribution in [-0.4, -0.2) is 88.5 Å². The molecule has 1 amide bonds. The molecule has 9 nitrogen and oxygen atoms in total. The lowest BCUT2D eigenvalue weighted by Crippen LogP contribution is -2.56. The van der Waals surface area contributed by atoms with E-state index in [1.807, 2.05) is 4.90 Å². The van der Waals surface area contributed by atoms with E-state index in [1.54, 1.807) is 37.8 Å². The first-order valence-electron chi connectivity index (χ1n) is 13.3. The second-order valence-corrected chi connectivity index (χ2v) is 12.4. The van der Waals surface area contributed by atoms with E-state index in [4.69, 9.17) is 14.5 Å². The molecule has 1 aromatic carbocycles. The summed E-state index contributed by atoms with van der Waals surface area (Å²) in [5, 5.41) is 9.97. The van der Waals surface area contributed by atoms with Crippen LogP contribution in [0.15, 0.2) is 16.6 Å². The number of alkyl halides is 1. The van der Waals surface area contributed by atoms with Gasteiger partial charge in [0.05, 0.1) is 28.5 Å². The minimum atomic E-state index is -0.895. The number of rotatable bonds is 5. The molecular formula is C27H33BrF2N6O3. The van der Waals surface area contributed by atoms with Crippen molar-refractivity contribution in [1.29, 1.82) is 5.26 Å². The number of aromatic nitrogens is 2. The van der Waals surface area contributed by atoms with Gasteiger partial charge in [0.15, 0.2) is 5.82 Å². The second-order valence-electron chi connectivity index (χ2n) is 11.6. The van der Waals surface area contributed by atoms with E-state index < -0.39 is 35.3 Å². The predicted molar refractivity (Wildman–Crippen MR) is 145 cm³/mol. The Morgan fingerprint density at radius 2 is 2.05 bits per heavy atom. The van der Waals surface area contributed by atoms with Gasteiger partial charge in [-0.3, -0.25) is 4.90 Å². The summed E-state index contributed by atoms with van der Waals surface area (Å²) in [4.78, 5) is 27.6. The lowest BCUT2D eigenvalue weighted by Gasteiger charge is -2.41. The molecular weight excluding hydrogens is 574 g/mol. The molecule has 0 unspecified atom stereocenters. The molecule has 3 fully saturated rings. The Morgan fingerprint density at radius 3 is 2.79 bits per heavy atom. The normalized spacial score (nSPS) is 25.6. The van der Waals surface area contributed by atoms with Gasteiger partial charge in [-0.15, -0.1) is 0 Å². The van der Waals surface area contributed by atoms with Crippen molar-refractivity contribution in [3.05, 3.63) is 22.4 Å². The lowest BCUT2D eigenvalue weighted by atomic mass is 9.95. The van der Waals surface area contributed by atoms with Gasteiger partial charge in [0.1, 0.15) is 29.7 Å². The zero-order chi connectivity index (χ0) is 27.9. The van der Waals surface area contributed by atoms with E-state index in [0.29, 0.717) is 43.8 Å². The number of anilines is 1. The van der Waals surface area contributed by atoms with Crippen molar-refractivity contribution in [2.75, 3.05) is 44.2 Å². The molecule has 0 bridgehead atoms. The third-order valence-corrected chi connectivity index (χ3v) is 8.30. The average molecular weight is 608 g/mol. The number of piperazine rings is 1. The Bertz CT molecular complexity index is 1300. The van der Waals surface area contributed by atoms with Gasteiger partial charge in [0, 0.05) is 38.0 Å². The van der Waals surface area contributed by atoms with Gasteiger partial charge in [0.25, 0.3) is 0 Å². The van der Waals surface area contributed by atoms with E-state index in [2.05, 4.69) is 31.9 Å². The summed E-state index contributed by atoms with van der Waals surface area (Å²) >= 11 is 3.24. The molecule has 39 heavy (non-hydrogen) atoms. The predicted octanol–water partition coefficient (Wildman–Crippen LogP) is 4.83. The molecule has 3 aliphatic heterocycles. The summed E-state index contributed by atoms with van der Waals surface area (Å²) in [6.07, 6.45) is 0.936. The quantitative estimate of drug-likeness (QED) is 0.478. The van der Waals surface area contributed by atoms with Gasteiger partial charge < -0.3 is 19.3 Å². The fourth-order valence-corrected chi connectivity index (χ4v) is 6.26. The Kier molecular flexibility index (Phi) is 7.59. The van der Waals surface area contributed by atoms with Crippen molar-refractivity contribution in [3.63, 3.8) is 0 Å². The second kappa shape index (κ2) is 10.7. The third-order valence-electron chi connectivity index (χ3n) is 7.69. The van der Waals surface area contributed by atoms with Crippen molar-refractivity contribution in [3.8, 4) is 12.1 Å². The van der Waals surface area contributed by atoms with Gasteiger partial charge in [-0.05, 0) is 68.2 Å². The first-order chi connectivity index (χ1) is 18.5. The van der Waals surface area contributed by atoms with Gasteiger partial charge in [0.2, 0.25) is 0 Å². The van der Waals surface area contributed by atoms with Gasteiger partial charge >= 0.3 is 12.1 Å². The van der Waals surface area contributed by atoms with Crippen LogP contribution >= 0.6 is 15.9 Å². The highest BCUT2D eigenvalue weighted by atomic mass is 79.9. The number of hydrogen-bond donors (Lipinski definition) is 0. The van der Waals surface area contributed by atoms with Crippen LogP contribution in [0, 0.1) is 17.1 Å². The summed E-state index contributed by atoms with van der Waals surface area (Å²) in [6, 6.07) is 5.08. The van der Waals surface area contributed by atoms with Crippen molar-refractivity contribution >= 4 is 38.7 Å². The van der Waals surface area contributed by atoms with E-state index in [1.165, 1.54) is 0 Å². The zero-order valence-corrected chi connectivity index (χ0v) is 24.0. The maximum Gasteiger partial charge on any atom is 0.410 e. The number of nitrogens with zero attached hydrogens (tertiary/aromatic N) is 6. The third kappa shape index (κ3) is 5.61. The number of carbonyl (C=O) groups excluding carboxylic acids is 1. The summed E-state index contributed by atoms with van der Waals surface area (Å²) in [7, 11) is 0. The molecule has 0 aliphatic carbocycles. The highest BCUT2D eigenvalue weighted by molar-refractivity contribution is 9.10. The molecule has 0 N–H and O–H groups in total. The smallest absolute Gasteiger partial charge is 0.410 e. The van der Waals surface area contributed by atoms with Crippen LogP contribution in [0.4, 0.5) is 19.4 Å². The number of hydrogen-bond acceptors (Lipinski definition) is 8. The van der Waals surface area contributed by atoms with Gasteiger partial charge in [-0.2, -0.15) is 15.2 Å². The molecule has 1 aromatic heterocycles. The van der Waals surface area contributed by atoms with E-state index in [9.17, 15) is 14.4 Å². The fraction of sp³-hybridized carbons (Fsp3) is 0.630. The van der Waals surface area contributed by atoms with E-state index in [0.717, 1.165) is 19.4 Å². The molecule has 3 aliphatic rings. The summed E-state index contributed by atoms with van der Waals surface area (Å²) in [5.74, 6) is -0.0731. The van der Waals surface area contributed by atoms with Crippen molar-refractivity contribution in [2.45, 2.75) is 69.8 Å². The fourth-order valence-electron chi connectivity index (χ4n) is 5.94. The molecule has 5 rings (SSSR count). The van der Waals surface area contributed by atoms with Crippen LogP contribution in [0.3, 0.4) is 0 Å². The maximum absolute atomic E-state index is 15.3. The first-order valence-corrected chi connectivity index (χ1v) is 14.1. The minimum absolute atomic E-state index is 0.0180. The number of amides is 1. The first kappa shape index (κ1) is 27.8. The Balaban J connectivity index is 1.45. The molecule has 12 heteroatoms. The highest BCUT2D eigenvalue weighted by Gasteiger charge is 2.49. The number of nitriles is 1. The Hall–Kier alpha value is -2.78. The average Bonchev–Trinajstić information content (AvgIpc) is 3.39. The monoisotopic (exact) mass is 606 g/mol. The van der Waals surface area contributed by atoms with Crippen LogP contribution in [0.1, 0.15) is 46.5 Å². The van der Waals surface area contributed by atoms with Crippen LogP contribution < -0.4 is 9.64 Å². The van der Waals surface area contributed by atoms with Crippen molar-refractivity contribution in [1.82, 2.24) is 19.8 Å². The molecule has 2 aromatic rings. The molecule has 0 radical (unpaired) electrons. The number of benzene rings is 1. The molecule has 0 spiro atoms. The molecule has 3 atom stereocenters. The molecule has 3 saturated heterocycles. The molecule has 0 saturated carbocycles. The number of ether oxygens (including phenoxy) is 2. The zero-order valence-electron chi connectivity index (χ0n) is 22.4. The van der Waals surface area contributed by atoms with Crippen molar-refractivity contribution < 1.29 is 23.0 Å². The molecule has 210 valence electrons. The SMILES string of the molecule is CC(C)(C)OC(=O)N1CCN(c2nc(OC[C@@]34CCCN3C[C@H](F)C4)nc3c(F)c(Br)ccc23)C[C@@H]1CC#N. The Morgan fingerprint density at radius 1 is 1.26 bits per heavy atom. The topological polar surface area (TPSA) is 94.8 Å². The Labute approximate surface area is 235 Å². The van der Waals surface area contributed by atoms with Crippen LogP contribution in [0.25, 0.3) is 10.9 Å². The largest absolute Gasteiger partial charge is 0.461 e. The maximum atomic E-state index is 15.3. The lowest BCUT2D eigenvalue weighted by molar-refractivity contribution is 0.0145. The summed E-state index contributed by atoms with van der Waals surface area (Å²) in [5.41, 5.74) is -0.960. The number of halogens is 3. The standard InChI is InChI=1S/C27H33BrF2N6O3/c1-26(2,3)39-25(37)36-12-11-34(15-18(36)7-9-31)23-19-5-6-20(28)21(30)22(19)32-24(33-23)38-16-27-8-4-10-35(27)14-17(29)13-27/h5-6,17-18H,4,7-8,10-16H2,1-3H3/t17-,18+,27+/m1/s1. The van der Waals surface area contributed by atoms with Gasteiger partial charge in [-0.1, -0.05) is 0 Å². The van der Waals surface area contributed by atoms with Crippen LogP contribution in [-0.2, 0) is 4.74 Å². The highest BCUT2D eigenvalue weighted by Crippen LogP contribution is 2.41. The number of fused-ring (bicyclic) bond motifs is 2. The van der Waals surface area contributed by atoms with E-state index >= 15 is 4.39 Å². The van der Waals surface area contributed by atoms with Crippen LogP contribution in [0.5, 0.6) is 6.01 Å². The van der Waals surface area contributed by atoms with E-state index in [-0.39, 0.29) is 29.0 Å². The summed E-state index contributed by atoms with van der Waals surface area (Å²) < 4.78 is 41.4.